The third kappa shape index (κ3) is 2.63. The van der Waals surface area contributed by atoms with E-state index in [-0.39, 0.29) is 11.1 Å². The quantitative estimate of drug-likeness (QED) is 0.725. The molecule has 26 heavy (non-hydrogen) atoms. The van der Waals surface area contributed by atoms with Crippen LogP contribution in [0, 0.1) is 11.3 Å². The lowest BCUT2D eigenvalue weighted by atomic mass is 10.1. The minimum Gasteiger partial charge on any atom is -0.343 e. The van der Waals surface area contributed by atoms with Gasteiger partial charge in [0.25, 0.3) is 5.24 Å². The average molecular weight is 361 g/mol. The molecule has 128 valence electrons. The van der Waals surface area contributed by atoms with E-state index in [1.54, 1.807) is 6.07 Å². The molecule has 1 aliphatic rings. The number of nitrogens with one attached hydrogen (secondary N) is 1. The van der Waals surface area contributed by atoms with Crippen LogP contribution in [0.1, 0.15) is 21.9 Å². The second-order valence-corrected chi connectivity index (χ2v) is 7.82. The zero-order valence-corrected chi connectivity index (χ0v) is 14.6. The highest BCUT2D eigenvalue weighted by molar-refractivity contribution is 8.28. The molecule has 6 heteroatoms. The van der Waals surface area contributed by atoms with Gasteiger partial charge in [-0.15, -0.1) is 0 Å². The number of fused-ring (bicyclic) bond motifs is 1. The molecule has 3 aromatic rings. The molecule has 2 aromatic carbocycles. The fraction of sp³-hybridized carbons (Fsp3) is 0.100. The molecule has 1 fully saturated rings. The van der Waals surface area contributed by atoms with Gasteiger partial charge < -0.3 is 4.57 Å². The monoisotopic (exact) mass is 361 g/mol. The Labute approximate surface area is 152 Å². The molecule has 2 atom stereocenters. The summed E-state index contributed by atoms with van der Waals surface area (Å²) < 4.78 is 2.07. The Morgan fingerprint density at radius 3 is 2.73 bits per heavy atom. The molecular formula is C20H15N3O2S. The SMILES string of the molecule is C=S1C(=O)NC(=O)C1c1cccc2c1ccn2Cc1cccc(C#N)c1. The van der Waals surface area contributed by atoms with Crippen LogP contribution in [-0.4, -0.2) is 21.6 Å². The van der Waals surface area contributed by atoms with Gasteiger partial charge in [-0.25, -0.2) is 0 Å². The summed E-state index contributed by atoms with van der Waals surface area (Å²) in [4.78, 5) is 24.0. The molecule has 0 bridgehead atoms. The van der Waals surface area contributed by atoms with Crippen LogP contribution in [-0.2, 0) is 11.3 Å². The predicted molar refractivity (Wildman–Crippen MR) is 103 cm³/mol. The second-order valence-electron chi connectivity index (χ2n) is 6.12. The molecule has 1 aromatic heterocycles. The Bertz CT molecular complexity index is 1120. The number of rotatable bonds is 3. The summed E-state index contributed by atoms with van der Waals surface area (Å²) in [5.74, 6) is 3.60. The summed E-state index contributed by atoms with van der Waals surface area (Å²) >= 11 is 0. The van der Waals surface area contributed by atoms with Gasteiger partial charge in [-0.05, 0) is 35.4 Å². The highest BCUT2D eigenvalue weighted by Crippen LogP contribution is 2.42. The average Bonchev–Trinajstić information content (AvgIpc) is 3.16. The summed E-state index contributed by atoms with van der Waals surface area (Å²) in [6, 6.07) is 17.4. The highest BCUT2D eigenvalue weighted by Gasteiger charge is 2.36. The lowest BCUT2D eigenvalue weighted by Crippen LogP contribution is -2.20. The van der Waals surface area contributed by atoms with Gasteiger partial charge in [0, 0.05) is 23.6 Å². The van der Waals surface area contributed by atoms with E-state index >= 15 is 0 Å². The Morgan fingerprint density at radius 1 is 1.19 bits per heavy atom. The van der Waals surface area contributed by atoms with Crippen LogP contribution < -0.4 is 5.32 Å². The zero-order valence-electron chi connectivity index (χ0n) is 13.8. The van der Waals surface area contributed by atoms with Gasteiger partial charge in [-0.1, -0.05) is 40.6 Å². The van der Waals surface area contributed by atoms with E-state index in [4.69, 9.17) is 5.26 Å². The van der Waals surface area contributed by atoms with Gasteiger partial charge in [-0.3, -0.25) is 14.9 Å². The summed E-state index contributed by atoms with van der Waals surface area (Å²) in [5.41, 5.74) is 3.46. The van der Waals surface area contributed by atoms with Crippen molar-refractivity contribution in [3.8, 4) is 6.07 Å². The number of hydrogen-bond acceptors (Lipinski definition) is 3. The van der Waals surface area contributed by atoms with Crippen LogP contribution in [0.5, 0.6) is 0 Å². The number of amides is 2. The van der Waals surface area contributed by atoms with Crippen molar-refractivity contribution < 1.29 is 9.59 Å². The van der Waals surface area contributed by atoms with Gasteiger partial charge in [0.1, 0.15) is 5.25 Å². The first-order valence-electron chi connectivity index (χ1n) is 8.03. The van der Waals surface area contributed by atoms with Crippen molar-refractivity contribution in [1.29, 1.82) is 5.26 Å². The highest BCUT2D eigenvalue weighted by atomic mass is 32.2. The zero-order chi connectivity index (χ0) is 18.3. The fourth-order valence-corrected chi connectivity index (χ4v) is 4.59. The molecule has 2 unspecified atom stereocenters. The van der Waals surface area contributed by atoms with Gasteiger partial charge in [-0.2, -0.15) is 5.26 Å². The van der Waals surface area contributed by atoms with E-state index in [9.17, 15) is 9.59 Å². The van der Waals surface area contributed by atoms with E-state index in [0.717, 1.165) is 22.0 Å². The molecule has 2 heterocycles. The second kappa shape index (κ2) is 6.28. The maximum Gasteiger partial charge on any atom is 0.280 e. The molecule has 4 rings (SSSR count). The number of benzene rings is 2. The van der Waals surface area contributed by atoms with E-state index in [1.165, 1.54) is 0 Å². The molecule has 0 spiro atoms. The van der Waals surface area contributed by atoms with Gasteiger partial charge >= 0.3 is 0 Å². The summed E-state index contributed by atoms with van der Waals surface area (Å²) in [5, 5.41) is 11.5. The maximum atomic E-state index is 12.2. The Hall–Kier alpha value is -3.17. The number of carbonyl (C=O) groups is 2. The minimum atomic E-state index is -0.920. The lowest BCUT2D eigenvalue weighted by Gasteiger charge is -2.11. The van der Waals surface area contributed by atoms with Gasteiger partial charge in [0.2, 0.25) is 5.91 Å². The van der Waals surface area contributed by atoms with Crippen LogP contribution in [0.3, 0.4) is 0 Å². The van der Waals surface area contributed by atoms with Crippen LogP contribution in [0.25, 0.3) is 10.9 Å². The third-order valence-electron chi connectivity index (χ3n) is 4.52. The minimum absolute atomic E-state index is 0.282. The Kier molecular flexibility index (Phi) is 3.94. The molecule has 0 aliphatic carbocycles. The predicted octanol–water partition coefficient (Wildman–Crippen LogP) is 3.55. The molecule has 1 saturated heterocycles. The third-order valence-corrected chi connectivity index (χ3v) is 6.14. The molecule has 1 aliphatic heterocycles. The van der Waals surface area contributed by atoms with Crippen molar-refractivity contribution in [3.63, 3.8) is 0 Å². The van der Waals surface area contributed by atoms with Crippen LogP contribution >= 0.6 is 10.5 Å². The number of imide groups is 1. The standard InChI is InChI=1S/C20H15N3O2S/c1-26-18(19(24)22-20(26)25)16-6-3-7-17-15(16)8-9-23(17)12-14-5-2-4-13(10-14)11-21/h2-10,18H,1,12H2,(H,22,24,25). The molecule has 1 N–H and O–H groups in total. The fourth-order valence-electron chi connectivity index (χ4n) is 3.31. The molecule has 0 saturated carbocycles. The van der Waals surface area contributed by atoms with E-state index < -0.39 is 15.7 Å². The van der Waals surface area contributed by atoms with Crippen molar-refractivity contribution in [3.05, 3.63) is 71.4 Å². The molecular weight excluding hydrogens is 346 g/mol. The maximum absolute atomic E-state index is 12.2. The number of carbonyl (C=O) groups excluding carboxylic acids is 2. The van der Waals surface area contributed by atoms with Crippen molar-refractivity contribution >= 4 is 38.4 Å². The number of nitriles is 1. The number of nitrogens with zero attached hydrogens (tertiary/aromatic N) is 2. The largest absolute Gasteiger partial charge is 0.343 e. The first kappa shape index (κ1) is 16.3. The van der Waals surface area contributed by atoms with Crippen LogP contribution in [0.15, 0.2) is 54.7 Å². The summed E-state index contributed by atoms with van der Waals surface area (Å²) in [6.45, 7) is 0.619. The lowest BCUT2D eigenvalue weighted by molar-refractivity contribution is -0.119. The number of aromatic nitrogens is 1. The number of hydrogen-bond donors (Lipinski definition) is 1. The summed E-state index contributed by atoms with van der Waals surface area (Å²) in [7, 11) is -0.920. The molecule has 5 nitrogen and oxygen atoms in total. The van der Waals surface area contributed by atoms with Crippen molar-refractivity contribution in [2.45, 2.75) is 11.8 Å². The normalized spacial score (nSPS) is 19.5. The Balaban J connectivity index is 1.76. The van der Waals surface area contributed by atoms with Crippen LogP contribution in [0.2, 0.25) is 0 Å². The van der Waals surface area contributed by atoms with Crippen molar-refractivity contribution in [2.24, 2.45) is 0 Å². The van der Waals surface area contributed by atoms with Gasteiger partial charge in [0.15, 0.2) is 0 Å². The van der Waals surface area contributed by atoms with Crippen LogP contribution in [0.4, 0.5) is 4.79 Å². The smallest absolute Gasteiger partial charge is 0.280 e. The first-order chi connectivity index (χ1) is 12.6. The van der Waals surface area contributed by atoms with E-state index in [1.807, 2.05) is 48.7 Å². The Morgan fingerprint density at radius 2 is 2.00 bits per heavy atom. The summed E-state index contributed by atoms with van der Waals surface area (Å²) in [6.07, 6.45) is 1.96. The van der Waals surface area contributed by atoms with Crippen molar-refractivity contribution in [1.82, 2.24) is 9.88 Å². The molecule has 0 radical (unpaired) electrons. The molecule has 2 amide bonds. The topological polar surface area (TPSA) is 74.9 Å². The van der Waals surface area contributed by atoms with E-state index in [2.05, 4.69) is 21.8 Å². The van der Waals surface area contributed by atoms with E-state index in [0.29, 0.717) is 12.1 Å². The van der Waals surface area contributed by atoms with Gasteiger partial charge in [0.05, 0.1) is 11.6 Å². The first-order valence-corrected chi connectivity index (χ1v) is 9.48. The van der Waals surface area contributed by atoms with Crippen molar-refractivity contribution in [2.75, 3.05) is 0 Å².